The molecule has 1 amide bonds. The van der Waals surface area contributed by atoms with Crippen LogP contribution in [0.4, 0.5) is 0 Å². The van der Waals surface area contributed by atoms with E-state index < -0.39 is 27.9 Å². The van der Waals surface area contributed by atoms with E-state index in [1.165, 1.54) is 12.0 Å². The summed E-state index contributed by atoms with van der Waals surface area (Å²) < 4.78 is 33.4. The highest BCUT2D eigenvalue weighted by Gasteiger charge is 2.39. The molecule has 1 heterocycles. The van der Waals surface area contributed by atoms with Gasteiger partial charge in [-0.1, -0.05) is 12.1 Å². The van der Waals surface area contributed by atoms with E-state index in [9.17, 15) is 18.0 Å². The first kappa shape index (κ1) is 19.2. The molecule has 0 spiro atoms. The van der Waals surface area contributed by atoms with Crippen molar-refractivity contribution in [3.05, 3.63) is 29.8 Å². The number of rotatable bonds is 6. The van der Waals surface area contributed by atoms with Gasteiger partial charge in [0.05, 0.1) is 32.1 Å². The second kappa shape index (κ2) is 7.86. The Kier molecular flexibility index (Phi) is 6.05. The minimum atomic E-state index is -3.18. The van der Waals surface area contributed by atoms with Crippen LogP contribution in [0.15, 0.2) is 24.3 Å². The highest BCUT2D eigenvalue weighted by atomic mass is 32.2. The van der Waals surface area contributed by atoms with Crippen LogP contribution in [0.25, 0.3) is 0 Å². The zero-order chi connectivity index (χ0) is 18.6. The van der Waals surface area contributed by atoms with Crippen LogP contribution in [0.5, 0.6) is 5.75 Å². The van der Waals surface area contributed by atoms with Gasteiger partial charge in [-0.15, -0.1) is 0 Å². The molecule has 138 valence electrons. The van der Waals surface area contributed by atoms with Crippen molar-refractivity contribution in [2.45, 2.75) is 31.8 Å². The molecule has 0 saturated carbocycles. The molecule has 2 atom stereocenters. The van der Waals surface area contributed by atoms with Crippen molar-refractivity contribution in [3.63, 3.8) is 0 Å². The first-order valence-electron chi connectivity index (χ1n) is 7.99. The topological polar surface area (TPSA) is 90.0 Å². The minimum absolute atomic E-state index is 0.0257. The number of sulfone groups is 1. The lowest BCUT2D eigenvalue weighted by molar-refractivity contribution is -0.153. The molecule has 2 rings (SSSR count). The molecule has 1 aromatic rings. The molecule has 0 radical (unpaired) electrons. The third-order valence-corrected chi connectivity index (χ3v) is 6.11. The number of nitrogens with zero attached hydrogens (tertiary/aromatic N) is 1. The van der Waals surface area contributed by atoms with Gasteiger partial charge >= 0.3 is 5.97 Å². The van der Waals surface area contributed by atoms with E-state index in [4.69, 9.17) is 9.47 Å². The summed E-state index contributed by atoms with van der Waals surface area (Å²) in [5.74, 6) is -0.281. The summed E-state index contributed by atoms with van der Waals surface area (Å²) in [7, 11) is -0.382. The quantitative estimate of drug-likeness (QED) is 0.690. The maximum atomic E-state index is 12.8. The molecule has 8 heteroatoms. The molecular formula is C17H23NO6S. The number of esters is 1. The standard InChI is InChI=1S/C17H23NO6S/c1-12(17(20)24-3)18(14-8-9-25(21,22)11-14)16(19)10-13-4-6-15(23-2)7-5-13/h4-7,12,14H,8-11H2,1-3H3/t12-,14-/m0/s1. The predicted molar refractivity (Wildman–Crippen MR) is 92.1 cm³/mol. The maximum Gasteiger partial charge on any atom is 0.328 e. The largest absolute Gasteiger partial charge is 0.497 e. The molecule has 1 saturated heterocycles. The Balaban J connectivity index is 2.21. The Hall–Kier alpha value is -2.09. The van der Waals surface area contributed by atoms with Gasteiger partial charge in [0.15, 0.2) is 9.84 Å². The molecule has 0 N–H and O–H groups in total. The highest BCUT2D eigenvalue weighted by Crippen LogP contribution is 2.22. The summed E-state index contributed by atoms with van der Waals surface area (Å²) in [6.07, 6.45) is 0.403. The Bertz CT molecular complexity index is 728. The van der Waals surface area contributed by atoms with E-state index in [1.54, 1.807) is 38.3 Å². The number of carbonyl (C=O) groups is 2. The summed E-state index contributed by atoms with van der Waals surface area (Å²) in [5.41, 5.74) is 0.758. The summed E-state index contributed by atoms with van der Waals surface area (Å²) >= 11 is 0. The molecule has 0 unspecified atom stereocenters. The van der Waals surface area contributed by atoms with Gasteiger partial charge in [0.25, 0.3) is 0 Å². The Morgan fingerprint density at radius 1 is 1.24 bits per heavy atom. The molecule has 0 aliphatic carbocycles. The summed E-state index contributed by atoms with van der Waals surface area (Å²) in [6.45, 7) is 1.56. The predicted octanol–water partition coefficient (Wildman–Crippen LogP) is 0.815. The van der Waals surface area contributed by atoms with Gasteiger partial charge in [-0.2, -0.15) is 0 Å². The normalized spacial score (nSPS) is 19.9. The number of hydrogen-bond acceptors (Lipinski definition) is 6. The molecule has 1 aliphatic heterocycles. The molecular weight excluding hydrogens is 346 g/mol. The molecule has 1 aromatic carbocycles. The fraction of sp³-hybridized carbons (Fsp3) is 0.529. The third-order valence-electron chi connectivity index (χ3n) is 4.36. The van der Waals surface area contributed by atoms with Crippen LogP contribution in [0.2, 0.25) is 0 Å². The van der Waals surface area contributed by atoms with Crippen LogP contribution >= 0.6 is 0 Å². The number of benzene rings is 1. The molecule has 7 nitrogen and oxygen atoms in total. The van der Waals surface area contributed by atoms with Crippen LogP contribution in [-0.2, 0) is 30.6 Å². The molecule has 1 fully saturated rings. The number of hydrogen-bond donors (Lipinski definition) is 0. The number of ether oxygens (including phenoxy) is 2. The van der Waals surface area contributed by atoms with Crippen LogP contribution in [-0.4, -0.2) is 63.0 Å². The van der Waals surface area contributed by atoms with E-state index >= 15 is 0 Å². The Labute approximate surface area is 147 Å². The first-order valence-corrected chi connectivity index (χ1v) is 9.82. The van der Waals surface area contributed by atoms with Gasteiger partial charge in [0.2, 0.25) is 5.91 Å². The monoisotopic (exact) mass is 369 g/mol. The Morgan fingerprint density at radius 3 is 2.36 bits per heavy atom. The fourth-order valence-electron chi connectivity index (χ4n) is 3.02. The average molecular weight is 369 g/mol. The zero-order valence-electron chi connectivity index (χ0n) is 14.6. The van der Waals surface area contributed by atoms with E-state index in [0.717, 1.165) is 5.56 Å². The number of carbonyl (C=O) groups excluding carboxylic acids is 2. The second-order valence-corrected chi connectivity index (χ2v) is 8.31. The van der Waals surface area contributed by atoms with Crippen molar-refractivity contribution in [1.29, 1.82) is 0 Å². The molecule has 25 heavy (non-hydrogen) atoms. The van der Waals surface area contributed by atoms with Crippen LogP contribution in [0.1, 0.15) is 18.9 Å². The smallest absolute Gasteiger partial charge is 0.328 e. The number of amides is 1. The fourth-order valence-corrected chi connectivity index (χ4v) is 4.74. The van der Waals surface area contributed by atoms with Gasteiger partial charge in [-0.3, -0.25) is 4.79 Å². The molecule has 1 aliphatic rings. The van der Waals surface area contributed by atoms with E-state index in [-0.39, 0.29) is 23.8 Å². The van der Waals surface area contributed by atoms with Crippen molar-refractivity contribution in [2.24, 2.45) is 0 Å². The Morgan fingerprint density at radius 2 is 1.88 bits per heavy atom. The van der Waals surface area contributed by atoms with Crippen LogP contribution in [0, 0.1) is 0 Å². The van der Waals surface area contributed by atoms with E-state index in [0.29, 0.717) is 12.2 Å². The van der Waals surface area contributed by atoms with Gasteiger partial charge in [-0.05, 0) is 31.0 Å². The van der Waals surface area contributed by atoms with Crippen molar-refractivity contribution in [3.8, 4) is 5.75 Å². The van der Waals surface area contributed by atoms with E-state index in [1.807, 2.05) is 0 Å². The van der Waals surface area contributed by atoms with Crippen LogP contribution < -0.4 is 4.74 Å². The van der Waals surface area contributed by atoms with Crippen LogP contribution in [0.3, 0.4) is 0 Å². The van der Waals surface area contributed by atoms with Crippen molar-refractivity contribution in [1.82, 2.24) is 4.90 Å². The maximum absolute atomic E-state index is 12.8. The first-order chi connectivity index (χ1) is 11.8. The molecule has 0 aromatic heterocycles. The highest BCUT2D eigenvalue weighted by molar-refractivity contribution is 7.91. The summed E-state index contributed by atoms with van der Waals surface area (Å²) in [6, 6.07) is 5.68. The average Bonchev–Trinajstić information content (AvgIpc) is 2.94. The SMILES string of the molecule is COC(=O)[C@H](C)N(C(=O)Cc1ccc(OC)cc1)[C@H]1CCS(=O)(=O)C1. The van der Waals surface area contributed by atoms with Gasteiger partial charge in [-0.25, -0.2) is 13.2 Å². The third kappa shape index (κ3) is 4.72. The van der Waals surface area contributed by atoms with Crippen molar-refractivity contribution in [2.75, 3.05) is 25.7 Å². The van der Waals surface area contributed by atoms with Gasteiger partial charge < -0.3 is 14.4 Å². The van der Waals surface area contributed by atoms with Crippen molar-refractivity contribution >= 4 is 21.7 Å². The lowest BCUT2D eigenvalue weighted by atomic mass is 10.1. The lowest BCUT2D eigenvalue weighted by Crippen LogP contribution is -2.50. The summed E-state index contributed by atoms with van der Waals surface area (Å²) in [4.78, 5) is 26.1. The van der Waals surface area contributed by atoms with Crippen molar-refractivity contribution < 1.29 is 27.5 Å². The summed E-state index contributed by atoms with van der Waals surface area (Å²) in [5, 5.41) is 0. The molecule has 0 bridgehead atoms. The zero-order valence-corrected chi connectivity index (χ0v) is 15.4. The lowest BCUT2D eigenvalue weighted by Gasteiger charge is -2.32. The second-order valence-electron chi connectivity index (χ2n) is 6.08. The van der Waals surface area contributed by atoms with Gasteiger partial charge in [0, 0.05) is 6.04 Å². The minimum Gasteiger partial charge on any atom is -0.497 e. The number of methoxy groups -OCH3 is 2. The van der Waals surface area contributed by atoms with Gasteiger partial charge in [0.1, 0.15) is 11.8 Å². The van der Waals surface area contributed by atoms with E-state index in [2.05, 4.69) is 0 Å².